The molecule has 0 bridgehead atoms. The number of carbonyl (C=O) groups excluding carboxylic acids is 2. The molecular weight excluding hydrogens is 408 g/mol. The third-order valence-electron chi connectivity index (χ3n) is 4.87. The summed E-state index contributed by atoms with van der Waals surface area (Å²) in [4.78, 5) is 25.2. The molecule has 2 aromatic carbocycles. The standard InChI is InChI=1S/C24H28N4O4/c1-4-5-14-32-21-11-10-18(15-22(21)31-3)24(30)27-20-9-6-8-19(16-20)26-23(29)17(2)28-13-7-12-25-28/h6-13,15-17H,4-5,14H2,1-3H3,(H,26,29)(H,27,30). The minimum atomic E-state index is -0.464. The molecule has 168 valence electrons. The van der Waals surface area contributed by atoms with Crippen LogP contribution in [0.4, 0.5) is 11.4 Å². The largest absolute Gasteiger partial charge is 0.493 e. The quantitative estimate of drug-likeness (QED) is 0.456. The van der Waals surface area contributed by atoms with E-state index >= 15 is 0 Å². The number of carbonyl (C=O) groups is 2. The average molecular weight is 437 g/mol. The number of anilines is 2. The number of hydrogen-bond acceptors (Lipinski definition) is 5. The number of nitrogens with zero attached hydrogens (tertiary/aromatic N) is 2. The first kappa shape index (κ1) is 22.9. The smallest absolute Gasteiger partial charge is 0.255 e. The Morgan fingerprint density at radius 1 is 1.06 bits per heavy atom. The minimum Gasteiger partial charge on any atom is -0.493 e. The first-order valence-electron chi connectivity index (χ1n) is 10.5. The molecule has 0 saturated heterocycles. The molecule has 0 saturated carbocycles. The summed E-state index contributed by atoms with van der Waals surface area (Å²) < 4.78 is 12.7. The lowest BCUT2D eigenvalue weighted by molar-refractivity contribution is -0.119. The maximum absolute atomic E-state index is 12.7. The number of ether oxygens (including phenoxy) is 2. The van der Waals surface area contributed by atoms with Gasteiger partial charge in [0.05, 0.1) is 13.7 Å². The molecule has 0 fully saturated rings. The van der Waals surface area contributed by atoms with Crippen LogP contribution >= 0.6 is 0 Å². The topological polar surface area (TPSA) is 94.5 Å². The van der Waals surface area contributed by atoms with Crippen molar-refractivity contribution in [3.63, 3.8) is 0 Å². The summed E-state index contributed by atoms with van der Waals surface area (Å²) in [5.41, 5.74) is 1.57. The SMILES string of the molecule is CCCCOc1ccc(C(=O)Nc2cccc(NC(=O)C(C)n3cccn3)c2)cc1OC. The van der Waals surface area contributed by atoms with E-state index in [4.69, 9.17) is 9.47 Å². The fourth-order valence-electron chi connectivity index (χ4n) is 3.01. The molecule has 2 N–H and O–H groups in total. The molecule has 1 aromatic heterocycles. The van der Waals surface area contributed by atoms with Gasteiger partial charge in [-0.1, -0.05) is 19.4 Å². The van der Waals surface area contributed by atoms with Crippen molar-refractivity contribution < 1.29 is 19.1 Å². The van der Waals surface area contributed by atoms with Crippen LogP contribution in [0.15, 0.2) is 60.9 Å². The molecule has 1 atom stereocenters. The molecule has 2 amide bonds. The van der Waals surface area contributed by atoms with Crippen molar-refractivity contribution in [3.05, 3.63) is 66.5 Å². The molecule has 0 aliphatic rings. The molecule has 8 heteroatoms. The van der Waals surface area contributed by atoms with Crippen molar-refractivity contribution in [2.75, 3.05) is 24.4 Å². The van der Waals surface area contributed by atoms with E-state index in [0.29, 0.717) is 35.0 Å². The predicted octanol–water partition coefficient (Wildman–Crippen LogP) is 4.52. The van der Waals surface area contributed by atoms with Gasteiger partial charge in [0.1, 0.15) is 6.04 Å². The second kappa shape index (κ2) is 11.0. The number of hydrogen-bond donors (Lipinski definition) is 2. The zero-order chi connectivity index (χ0) is 22.9. The van der Waals surface area contributed by atoms with Crippen molar-refractivity contribution in [2.24, 2.45) is 0 Å². The molecule has 0 spiro atoms. The number of methoxy groups -OCH3 is 1. The highest BCUT2D eigenvalue weighted by molar-refractivity contribution is 6.05. The van der Waals surface area contributed by atoms with Crippen LogP contribution in [0.25, 0.3) is 0 Å². The number of amides is 2. The fourth-order valence-corrected chi connectivity index (χ4v) is 3.01. The van der Waals surface area contributed by atoms with Gasteiger partial charge >= 0.3 is 0 Å². The second-order valence-electron chi connectivity index (χ2n) is 7.25. The third kappa shape index (κ3) is 5.87. The summed E-state index contributed by atoms with van der Waals surface area (Å²) in [6.07, 6.45) is 5.33. The van der Waals surface area contributed by atoms with Gasteiger partial charge < -0.3 is 20.1 Å². The van der Waals surface area contributed by atoms with E-state index in [1.807, 2.05) is 0 Å². The number of aromatic nitrogens is 2. The average Bonchev–Trinajstić information content (AvgIpc) is 3.34. The number of benzene rings is 2. The Hall–Kier alpha value is -3.81. The molecular formula is C24H28N4O4. The number of rotatable bonds is 10. The van der Waals surface area contributed by atoms with Crippen LogP contribution in [0.1, 0.15) is 43.1 Å². The summed E-state index contributed by atoms with van der Waals surface area (Å²) in [6, 6.07) is 13.3. The third-order valence-corrected chi connectivity index (χ3v) is 4.87. The summed E-state index contributed by atoms with van der Waals surface area (Å²) in [5.74, 6) is 0.605. The minimum absolute atomic E-state index is 0.208. The fraction of sp³-hybridized carbons (Fsp3) is 0.292. The van der Waals surface area contributed by atoms with Gasteiger partial charge in [-0.25, -0.2) is 0 Å². The summed E-state index contributed by atoms with van der Waals surface area (Å²) in [6.45, 7) is 4.45. The van der Waals surface area contributed by atoms with Crippen LogP contribution in [0.3, 0.4) is 0 Å². The molecule has 0 aliphatic carbocycles. The van der Waals surface area contributed by atoms with Gasteiger partial charge in [-0.05, 0) is 55.8 Å². The lowest BCUT2D eigenvalue weighted by Crippen LogP contribution is -2.24. The molecule has 1 unspecified atom stereocenters. The molecule has 32 heavy (non-hydrogen) atoms. The molecule has 0 aliphatic heterocycles. The van der Waals surface area contributed by atoms with Gasteiger partial charge in [-0.2, -0.15) is 5.10 Å². The Labute approximate surface area is 187 Å². The van der Waals surface area contributed by atoms with Crippen LogP contribution in [0.2, 0.25) is 0 Å². The number of unbranched alkanes of at least 4 members (excludes halogenated alkanes) is 1. The molecule has 8 nitrogen and oxygen atoms in total. The highest BCUT2D eigenvalue weighted by Crippen LogP contribution is 2.29. The number of nitrogens with one attached hydrogen (secondary N) is 2. The van der Waals surface area contributed by atoms with Gasteiger partial charge in [-0.15, -0.1) is 0 Å². The zero-order valence-electron chi connectivity index (χ0n) is 18.5. The Balaban J connectivity index is 1.66. The lowest BCUT2D eigenvalue weighted by Gasteiger charge is -2.14. The van der Waals surface area contributed by atoms with E-state index in [9.17, 15) is 9.59 Å². The Morgan fingerprint density at radius 3 is 2.53 bits per heavy atom. The maximum atomic E-state index is 12.7. The van der Waals surface area contributed by atoms with E-state index in [-0.39, 0.29) is 11.8 Å². The highest BCUT2D eigenvalue weighted by atomic mass is 16.5. The lowest BCUT2D eigenvalue weighted by atomic mass is 10.1. The molecule has 0 radical (unpaired) electrons. The summed E-state index contributed by atoms with van der Waals surface area (Å²) in [5, 5.41) is 9.78. The summed E-state index contributed by atoms with van der Waals surface area (Å²) in [7, 11) is 1.54. The van der Waals surface area contributed by atoms with E-state index in [1.165, 1.54) is 0 Å². The highest BCUT2D eigenvalue weighted by Gasteiger charge is 2.16. The van der Waals surface area contributed by atoms with Crippen LogP contribution in [0, 0.1) is 0 Å². The first-order chi connectivity index (χ1) is 15.5. The van der Waals surface area contributed by atoms with Gasteiger partial charge in [-0.3, -0.25) is 14.3 Å². The van der Waals surface area contributed by atoms with Crippen LogP contribution in [-0.2, 0) is 4.79 Å². The Kier molecular flexibility index (Phi) is 7.85. The predicted molar refractivity (Wildman–Crippen MR) is 123 cm³/mol. The van der Waals surface area contributed by atoms with E-state index in [0.717, 1.165) is 12.8 Å². The second-order valence-corrected chi connectivity index (χ2v) is 7.25. The van der Waals surface area contributed by atoms with E-state index in [1.54, 1.807) is 79.6 Å². The van der Waals surface area contributed by atoms with E-state index in [2.05, 4.69) is 22.7 Å². The van der Waals surface area contributed by atoms with Gasteiger partial charge in [0.15, 0.2) is 11.5 Å². The van der Waals surface area contributed by atoms with Crippen LogP contribution < -0.4 is 20.1 Å². The van der Waals surface area contributed by atoms with Crippen molar-refractivity contribution in [1.29, 1.82) is 0 Å². The van der Waals surface area contributed by atoms with Crippen molar-refractivity contribution >= 4 is 23.2 Å². The normalized spacial score (nSPS) is 11.5. The van der Waals surface area contributed by atoms with Gasteiger partial charge in [0, 0.05) is 29.3 Å². The van der Waals surface area contributed by atoms with Gasteiger partial charge in [0.2, 0.25) is 5.91 Å². The maximum Gasteiger partial charge on any atom is 0.255 e. The summed E-state index contributed by atoms with van der Waals surface area (Å²) >= 11 is 0. The molecule has 3 aromatic rings. The van der Waals surface area contributed by atoms with Gasteiger partial charge in [0.25, 0.3) is 5.91 Å². The van der Waals surface area contributed by atoms with E-state index < -0.39 is 6.04 Å². The van der Waals surface area contributed by atoms with Crippen LogP contribution in [-0.4, -0.2) is 35.3 Å². The molecule has 1 heterocycles. The molecule has 3 rings (SSSR count). The Morgan fingerprint density at radius 2 is 1.84 bits per heavy atom. The zero-order valence-corrected chi connectivity index (χ0v) is 18.5. The van der Waals surface area contributed by atoms with Crippen molar-refractivity contribution in [1.82, 2.24) is 9.78 Å². The Bertz CT molecular complexity index is 1050. The van der Waals surface area contributed by atoms with Crippen molar-refractivity contribution in [2.45, 2.75) is 32.7 Å². The van der Waals surface area contributed by atoms with Crippen LogP contribution in [0.5, 0.6) is 11.5 Å². The monoisotopic (exact) mass is 436 g/mol. The first-order valence-corrected chi connectivity index (χ1v) is 10.5. The van der Waals surface area contributed by atoms with Crippen molar-refractivity contribution in [3.8, 4) is 11.5 Å².